The van der Waals surface area contributed by atoms with Crippen molar-refractivity contribution in [3.8, 4) is 0 Å². The molecule has 0 aliphatic heterocycles. The van der Waals surface area contributed by atoms with Crippen LogP contribution in [0.25, 0.3) is 10.9 Å². The van der Waals surface area contributed by atoms with Gasteiger partial charge in [-0.1, -0.05) is 6.07 Å². The zero-order chi connectivity index (χ0) is 12.4. The summed E-state index contributed by atoms with van der Waals surface area (Å²) in [5.74, 6) is -1.45. The number of aromatic nitrogens is 1. The van der Waals surface area contributed by atoms with Crippen molar-refractivity contribution in [3.63, 3.8) is 0 Å². The molecule has 2 rings (SSSR count). The molecular weight excluding hydrogens is 220 g/mol. The zero-order valence-corrected chi connectivity index (χ0v) is 9.23. The lowest BCUT2D eigenvalue weighted by atomic mass is 10.1. The molecule has 3 N–H and O–H groups in total. The van der Waals surface area contributed by atoms with Crippen LogP contribution in [0.4, 0.5) is 0 Å². The monoisotopic (exact) mass is 232 g/mol. The molecule has 0 bridgehead atoms. The predicted molar refractivity (Wildman–Crippen MR) is 62.9 cm³/mol. The Morgan fingerprint density at radius 1 is 1.35 bits per heavy atom. The molecule has 0 aliphatic carbocycles. The van der Waals surface area contributed by atoms with Gasteiger partial charge in [0, 0.05) is 17.3 Å². The quantitative estimate of drug-likeness (QED) is 0.747. The standard InChI is InChI=1S/C12H12N2O3/c1-7(12(16)17)14-11(15)9-3-2-8-4-5-13-10(8)6-9/h2-7,13H,1H3,(H,14,15)(H,16,17). The molecule has 2 aromatic rings. The first-order valence-corrected chi connectivity index (χ1v) is 5.19. The fraction of sp³-hybridized carbons (Fsp3) is 0.167. The second kappa shape index (κ2) is 4.29. The molecule has 0 radical (unpaired) electrons. The van der Waals surface area contributed by atoms with Gasteiger partial charge in [-0.3, -0.25) is 9.59 Å². The number of carboxylic acids is 1. The van der Waals surface area contributed by atoms with Gasteiger partial charge in [-0.25, -0.2) is 0 Å². The number of carbonyl (C=O) groups excluding carboxylic acids is 1. The highest BCUT2D eigenvalue weighted by molar-refractivity contribution is 5.99. The molecule has 1 aromatic heterocycles. The molecule has 0 saturated carbocycles. The molecule has 5 heteroatoms. The smallest absolute Gasteiger partial charge is 0.325 e. The van der Waals surface area contributed by atoms with E-state index in [-0.39, 0.29) is 0 Å². The Morgan fingerprint density at radius 2 is 2.12 bits per heavy atom. The molecule has 1 amide bonds. The number of fused-ring (bicyclic) bond motifs is 1. The van der Waals surface area contributed by atoms with Crippen LogP contribution in [0.15, 0.2) is 30.5 Å². The van der Waals surface area contributed by atoms with Crippen LogP contribution in [-0.2, 0) is 4.79 Å². The lowest BCUT2D eigenvalue weighted by Gasteiger charge is -2.09. The zero-order valence-electron chi connectivity index (χ0n) is 9.23. The number of rotatable bonds is 3. The lowest BCUT2D eigenvalue weighted by Crippen LogP contribution is -2.38. The number of aromatic amines is 1. The van der Waals surface area contributed by atoms with Crippen LogP contribution >= 0.6 is 0 Å². The molecule has 0 saturated heterocycles. The van der Waals surface area contributed by atoms with Gasteiger partial charge in [0.1, 0.15) is 6.04 Å². The van der Waals surface area contributed by atoms with Gasteiger partial charge in [-0.15, -0.1) is 0 Å². The Bertz CT molecular complexity index is 574. The summed E-state index contributed by atoms with van der Waals surface area (Å²) in [6, 6.07) is 6.17. The third-order valence-electron chi connectivity index (χ3n) is 2.54. The van der Waals surface area contributed by atoms with E-state index in [0.29, 0.717) is 5.56 Å². The highest BCUT2D eigenvalue weighted by Gasteiger charge is 2.15. The SMILES string of the molecule is CC(NC(=O)c1ccc2cc[nH]c2c1)C(=O)O. The Hall–Kier alpha value is -2.30. The summed E-state index contributed by atoms with van der Waals surface area (Å²) in [4.78, 5) is 25.3. The number of benzene rings is 1. The maximum Gasteiger partial charge on any atom is 0.325 e. The molecule has 5 nitrogen and oxygen atoms in total. The van der Waals surface area contributed by atoms with Gasteiger partial charge in [0.05, 0.1) is 0 Å². The highest BCUT2D eigenvalue weighted by atomic mass is 16.4. The second-order valence-corrected chi connectivity index (χ2v) is 3.81. The molecule has 0 spiro atoms. The Morgan fingerprint density at radius 3 is 2.82 bits per heavy atom. The number of hydrogen-bond donors (Lipinski definition) is 3. The van der Waals surface area contributed by atoms with Crippen molar-refractivity contribution in [2.24, 2.45) is 0 Å². The lowest BCUT2D eigenvalue weighted by molar-refractivity contribution is -0.138. The minimum Gasteiger partial charge on any atom is -0.480 e. The number of hydrogen-bond acceptors (Lipinski definition) is 2. The van der Waals surface area contributed by atoms with Crippen LogP contribution in [-0.4, -0.2) is 28.0 Å². The summed E-state index contributed by atoms with van der Waals surface area (Å²) in [5, 5.41) is 12.1. The summed E-state index contributed by atoms with van der Waals surface area (Å²) in [5.41, 5.74) is 1.29. The Kier molecular flexibility index (Phi) is 2.82. The van der Waals surface area contributed by atoms with Gasteiger partial charge in [0.2, 0.25) is 0 Å². The normalized spacial score (nSPS) is 12.3. The predicted octanol–water partition coefficient (Wildman–Crippen LogP) is 1.37. The second-order valence-electron chi connectivity index (χ2n) is 3.81. The first-order chi connectivity index (χ1) is 8.08. The van der Waals surface area contributed by atoms with E-state index >= 15 is 0 Å². The van der Waals surface area contributed by atoms with Crippen molar-refractivity contribution >= 4 is 22.8 Å². The van der Waals surface area contributed by atoms with E-state index in [1.165, 1.54) is 6.92 Å². The fourth-order valence-electron chi connectivity index (χ4n) is 1.53. The minimum absolute atomic E-state index is 0.392. The van der Waals surface area contributed by atoms with Crippen LogP contribution in [0.3, 0.4) is 0 Å². The summed E-state index contributed by atoms with van der Waals surface area (Å²) in [6.07, 6.45) is 1.78. The highest BCUT2D eigenvalue weighted by Crippen LogP contribution is 2.14. The number of H-pyrrole nitrogens is 1. The topological polar surface area (TPSA) is 82.2 Å². The van der Waals surface area contributed by atoms with E-state index in [2.05, 4.69) is 10.3 Å². The summed E-state index contributed by atoms with van der Waals surface area (Å²) in [6.45, 7) is 1.42. The first kappa shape index (κ1) is 11.2. The molecule has 1 aromatic carbocycles. The van der Waals surface area contributed by atoms with Crippen molar-refractivity contribution < 1.29 is 14.7 Å². The number of nitrogens with one attached hydrogen (secondary N) is 2. The van der Waals surface area contributed by atoms with Crippen LogP contribution in [0.1, 0.15) is 17.3 Å². The molecule has 17 heavy (non-hydrogen) atoms. The van der Waals surface area contributed by atoms with Gasteiger partial charge < -0.3 is 15.4 Å². The summed E-state index contributed by atoms with van der Waals surface area (Å²) in [7, 11) is 0. The molecule has 88 valence electrons. The molecule has 1 atom stereocenters. The number of carbonyl (C=O) groups is 2. The Balaban J connectivity index is 2.21. The van der Waals surface area contributed by atoms with E-state index in [1.807, 2.05) is 12.1 Å². The van der Waals surface area contributed by atoms with Crippen molar-refractivity contribution in [2.45, 2.75) is 13.0 Å². The van der Waals surface area contributed by atoms with E-state index in [1.54, 1.807) is 18.3 Å². The van der Waals surface area contributed by atoms with Crippen molar-refractivity contribution in [2.75, 3.05) is 0 Å². The van der Waals surface area contributed by atoms with Gasteiger partial charge in [-0.05, 0) is 30.5 Å². The van der Waals surface area contributed by atoms with Crippen molar-refractivity contribution in [3.05, 3.63) is 36.0 Å². The van der Waals surface area contributed by atoms with Crippen LogP contribution in [0, 0.1) is 0 Å². The van der Waals surface area contributed by atoms with Crippen molar-refractivity contribution in [1.82, 2.24) is 10.3 Å². The van der Waals surface area contributed by atoms with E-state index in [4.69, 9.17) is 5.11 Å². The van der Waals surface area contributed by atoms with Gasteiger partial charge in [0.25, 0.3) is 5.91 Å². The number of carboxylic acid groups (broad SMARTS) is 1. The number of amides is 1. The van der Waals surface area contributed by atoms with Crippen LogP contribution in [0.2, 0.25) is 0 Å². The van der Waals surface area contributed by atoms with E-state index in [0.717, 1.165) is 10.9 Å². The molecule has 1 unspecified atom stereocenters. The average molecular weight is 232 g/mol. The average Bonchev–Trinajstić information content (AvgIpc) is 2.75. The van der Waals surface area contributed by atoms with E-state index < -0.39 is 17.9 Å². The maximum atomic E-state index is 11.7. The minimum atomic E-state index is -1.06. The van der Waals surface area contributed by atoms with Gasteiger partial charge >= 0.3 is 5.97 Å². The third kappa shape index (κ3) is 2.28. The van der Waals surface area contributed by atoms with Gasteiger partial charge in [0.15, 0.2) is 0 Å². The van der Waals surface area contributed by atoms with E-state index in [9.17, 15) is 9.59 Å². The number of aliphatic carboxylic acids is 1. The maximum absolute atomic E-state index is 11.7. The summed E-state index contributed by atoms with van der Waals surface area (Å²) >= 11 is 0. The summed E-state index contributed by atoms with van der Waals surface area (Å²) < 4.78 is 0. The van der Waals surface area contributed by atoms with Crippen LogP contribution in [0.5, 0.6) is 0 Å². The first-order valence-electron chi connectivity index (χ1n) is 5.19. The third-order valence-corrected chi connectivity index (χ3v) is 2.54. The fourth-order valence-corrected chi connectivity index (χ4v) is 1.53. The molecule has 0 fully saturated rings. The van der Waals surface area contributed by atoms with Gasteiger partial charge in [-0.2, -0.15) is 0 Å². The molecular formula is C12H12N2O3. The van der Waals surface area contributed by atoms with Crippen LogP contribution < -0.4 is 5.32 Å². The van der Waals surface area contributed by atoms with Crippen molar-refractivity contribution in [1.29, 1.82) is 0 Å². The largest absolute Gasteiger partial charge is 0.480 e. The Labute approximate surface area is 97.4 Å². The molecule has 0 aliphatic rings. The molecule has 1 heterocycles.